The van der Waals surface area contributed by atoms with Crippen LogP contribution in [0.1, 0.15) is 6.42 Å². The van der Waals surface area contributed by atoms with Crippen LogP contribution < -0.4 is 10.4 Å². The highest BCUT2D eigenvalue weighted by molar-refractivity contribution is 7.13. The number of amides is 1. The largest absolute Gasteiger partial charge is 0.480 e. The molecule has 0 aliphatic carbocycles. The summed E-state index contributed by atoms with van der Waals surface area (Å²) in [5.74, 6) is -1.41. The molecule has 0 aliphatic rings. The number of aliphatic carboxylic acids is 1. The molecule has 26 heavy (non-hydrogen) atoms. The van der Waals surface area contributed by atoms with Crippen LogP contribution in [0.3, 0.4) is 0 Å². The molecule has 3 N–H and O–H groups in total. The van der Waals surface area contributed by atoms with E-state index in [4.69, 9.17) is 5.11 Å². The van der Waals surface area contributed by atoms with Crippen molar-refractivity contribution in [3.05, 3.63) is 54.6 Å². The summed E-state index contributed by atoms with van der Waals surface area (Å²) in [7, 11) is 2.14. The second kappa shape index (κ2) is 6.52. The van der Waals surface area contributed by atoms with Crippen LogP contribution >= 0.6 is 9.39 Å². The number of anilines is 1. The second-order valence-electron chi connectivity index (χ2n) is 6.28. The van der Waals surface area contributed by atoms with E-state index in [1.165, 1.54) is 5.39 Å². The van der Waals surface area contributed by atoms with E-state index in [0.29, 0.717) is 5.69 Å². The van der Waals surface area contributed by atoms with Crippen molar-refractivity contribution < 1.29 is 14.7 Å². The first-order valence-electron chi connectivity index (χ1n) is 8.24. The van der Waals surface area contributed by atoms with Gasteiger partial charge in [0.1, 0.15) is 6.04 Å². The third-order valence-electron chi connectivity index (χ3n) is 4.69. The minimum absolute atomic E-state index is 0.152. The zero-order valence-electron chi connectivity index (χ0n) is 13.8. The molecule has 6 heteroatoms. The summed E-state index contributed by atoms with van der Waals surface area (Å²) < 4.78 is 0. The van der Waals surface area contributed by atoms with E-state index in [1.54, 1.807) is 0 Å². The fourth-order valence-electron chi connectivity index (χ4n) is 3.45. The van der Waals surface area contributed by atoms with Crippen molar-refractivity contribution in [3.8, 4) is 0 Å². The molecule has 0 aromatic heterocycles. The molecule has 4 aromatic carbocycles. The Labute approximate surface area is 152 Å². The predicted octanol–water partition coefficient (Wildman–Crippen LogP) is 3.75. The van der Waals surface area contributed by atoms with Gasteiger partial charge in [-0.3, -0.25) is 14.7 Å². The molecular weight excluding hydrogens is 347 g/mol. The minimum Gasteiger partial charge on any atom is -0.480 e. The van der Waals surface area contributed by atoms with Crippen molar-refractivity contribution in [1.82, 2.24) is 5.09 Å². The number of carboxylic acids is 1. The van der Waals surface area contributed by atoms with Crippen LogP contribution in [0.4, 0.5) is 5.69 Å². The summed E-state index contributed by atoms with van der Waals surface area (Å²) in [4.78, 5) is 23.4. The van der Waals surface area contributed by atoms with Gasteiger partial charge in [0.2, 0.25) is 5.91 Å². The van der Waals surface area contributed by atoms with Gasteiger partial charge in [-0.05, 0) is 33.0 Å². The summed E-state index contributed by atoms with van der Waals surface area (Å²) in [5.41, 5.74) is 0.689. The van der Waals surface area contributed by atoms with Crippen LogP contribution in [0.25, 0.3) is 32.3 Å². The molecule has 0 saturated carbocycles. The van der Waals surface area contributed by atoms with Gasteiger partial charge in [0.05, 0.1) is 6.42 Å². The molecule has 0 aliphatic heterocycles. The second-order valence-corrected chi connectivity index (χ2v) is 6.61. The highest BCUT2D eigenvalue weighted by Crippen LogP contribution is 2.37. The molecule has 2 unspecified atom stereocenters. The van der Waals surface area contributed by atoms with Crippen LogP contribution in [0.15, 0.2) is 54.6 Å². The molecule has 0 fully saturated rings. The Morgan fingerprint density at radius 1 is 0.923 bits per heavy atom. The number of carbonyl (C=O) groups excluding carboxylic acids is 1. The Morgan fingerprint density at radius 3 is 2.19 bits per heavy atom. The molecule has 2 atom stereocenters. The minimum atomic E-state index is -1.06. The fourth-order valence-corrected chi connectivity index (χ4v) is 3.71. The van der Waals surface area contributed by atoms with Crippen molar-refractivity contribution in [2.75, 3.05) is 5.32 Å². The number of nitrogens with one attached hydrogen (secondary N) is 2. The maximum absolute atomic E-state index is 12.3. The Kier molecular flexibility index (Phi) is 4.19. The van der Waals surface area contributed by atoms with Crippen molar-refractivity contribution in [2.24, 2.45) is 0 Å². The van der Waals surface area contributed by atoms with Gasteiger partial charge < -0.3 is 10.4 Å². The number of carboxylic acid groups (broad SMARTS) is 1. The van der Waals surface area contributed by atoms with Crippen molar-refractivity contribution in [2.45, 2.75) is 12.5 Å². The van der Waals surface area contributed by atoms with Crippen molar-refractivity contribution in [1.29, 1.82) is 0 Å². The number of rotatable bonds is 5. The lowest BCUT2D eigenvalue weighted by molar-refractivity contribution is -0.140. The molecule has 0 radical (unpaired) electrons. The van der Waals surface area contributed by atoms with Gasteiger partial charge in [0.25, 0.3) is 0 Å². The number of hydrogen-bond donors (Lipinski definition) is 3. The SMILES string of the molecule is O=C(CC(NP)C(=O)O)Nc1ccc2ccc3cccc4ccc1c2c34. The zero-order chi connectivity index (χ0) is 18.3. The van der Waals surface area contributed by atoms with Crippen LogP contribution in [0.2, 0.25) is 0 Å². The molecular formula is C20H17N2O3P. The molecule has 5 nitrogen and oxygen atoms in total. The third-order valence-corrected chi connectivity index (χ3v) is 5.09. The molecule has 4 rings (SSSR count). The molecule has 4 aromatic rings. The van der Waals surface area contributed by atoms with Crippen LogP contribution in [-0.2, 0) is 9.59 Å². The quantitative estimate of drug-likeness (QED) is 0.372. The van der Waals surface area contributed by atoms with E-state index < -0.39 is 12.0 Å². The van der Waals surface area contributed by atoms with Crippen molar-refractivity contribution >= 4 is 59.3 Å². The molecule has 1 amide bonds. The first kappa shape index (κ1) is 16.7. The van der Waals surface area contributed by atoms with Gasteiger partial charge in [0, 0.05) is 11.1 Å². The standard InChI is InChI=1S/C20H17N2O3P/c23-17(10-16(22-26)20(24)25)21-15-9-7-13-5-4-11-2-1-3-12-6-8-14(15)19(13)18(11)12/h1-9,16,22H,10,26H2,(H,21,23)(H,24,25). The summed E-state index contributed by atoms with van der Waals surface area (Å²) in [6.07, 6.45) is -0.152. The highest BCUT2D eigenvalue weighted by atomic mass is 31.0. The Hall–Kier alpha value is -2.75. The molecule has 130 valence electrons. The lowest BCUT2D eigenvalue weighted by atomic mass is 9.93. The normalized spacial score (nSPS) is 12.7. The van der Waals surface area contributed by atoms with Crippen LogP contribution in [-0.4, -0.2) is 23.0 Å². The average molecular weight is 364 g/mol. The number of hydrogen-bond acceptors (Lipinski definition) is 3. The lowest BCUT2D eigenvalue weighted by Gasteiger charge is -2.15. The zero-order valence-corrected chi connectivity index (χ0v) is 15.0. The first-order valence-corrected chi connectivity index (χ1v) is 8.81. The van der Waals surface area contributed by atoms with Crippen LogP contribution in [0.5, 0.6) is 0 Å². The van der Waals surface area contributed by atoms with Crippen molar-refractivity contribution in [3.63, 3.8) is 0 Å². The van der Waals surface area contributed by atoms with Gasteiger partial charge in [0.15, 0.2) is 0 Å². The molecule has 0 heterocycles. The Balaban J connectivity index is 1.79. The van der Waals surface area contributed by atoms with E-state index in [0.717, 1.165) is 26.9 Å². The van der Waals surface area contributed by atoms with E-state index in [2.05, 4.69) is 44.1 Å². The number of benzene rings is 4. The highest BCUT2D eigenvalue weighted by Gasteiger charge is 2.20. The molecule has 0 saturated heterocycles. The lowest BCUT2D eigenvalue weighted by Crippen LogP contribution is -2.34. The smallest absolute Gasteiger partial charge is 0.321 e. The van der Waals surface area contributed by atoms with E-state index in [-0.39, 0.29) is 12.3 Å². The van der Waals surface area contributed by atoms with Gasteiger partial charge in [-0.1, -0.05) is 57.9 Å². The Morgan fingerprint density at radius 2 is 1.54 bits per heavy atom. The molecule has 0 bridgehead atoms. The number of carbonyl (C=O) groups is 2. The topological polar surface area (TPSA) is 78.4 Å². The molecule has 0 spiro atoms. The van der Waals surface area contributed by atoms with Gasteiger partial charge in [-0.15, -0.1) is 0 Å². The maximum Gasteiger partial charge on any atom is 0.321 e. The summed E-state index contributed by atoms with van der Waals surface area (Å²) in [6, 6.07) is 17.3. The first-order chi connectivity index (χ1) is 12.6. The predicted molar refractivity (Wildman–Crippen MR) is 108 cm³/mol. The Bertz CT molecular complexity index is 1130. The van der Waals surface area contributed by atoms with E-state index in [1.807, 2.05) is 30.3 Å². The summed E-state index contributed by atoms with van der Waals surface area (Å²) >= 11 is 0. The van der Waals surface area contributed by atoms with Gasteiger partial charge in [-0.2, -0.15) is 0 Å². The maximum atomic E-state index is 12.3. The van der Waals surface area contributed by atoms with Gasteiger partial charge in [-0.25, -0.2) is 0 Å². The van der Waals surface area contributed by atoms with Crippen LogP contribution in [0, 0.1) is 0 Å². The van der Waals surface area contributed by atoms with E-state index >= 15 is 0 Å². The fraction of sp³-hybridized carbons (Fsp3) is 0.100. The average Bonchev–Trinajstić information content (AvgIpc) is 2.65. The third kappa shape index (κ3) is 2.75. The van der Waals surface area contributed by atoms with Gasteiger partial charge >= 0.3 is 5.97 Å². The van der Waals surface area contributed by atoms with E-state index in [9.17, 15) is 9.59 Å². The summed E-state index contributed by atoms with van der Waals surface area (Å²) in [6.45, 7) is 0. The summed E-state index contributed by atoms with van der Waals surface area (Å²) in [5, 5.41) is 21.2. The monoisotopic (exact) mass is 364 g/mol.